The zero-order valence-corrected chi connectivity index (χ0v) is 12.3. The van der Waals surface area contributed by atoms with Gasteiger partial charge in [-0.3, -0.25) is 0 Å². The average Bonchev–Trinajstić information content (AvgIpc) is 2.46. The third-order valence-electron chi connectivity index (χ3n) is 3.73. The van der Waals surface area contributed by atoms with Crippen LogP contribution in [0.2, 0.25) is 0 Å². The second-order valence-corrected chi connectivity index (χ2v) is 5.06. The summed E-state index contributed by atoms with van der Waals surface area (Å²) in [5.41, 5.74) is 2.02. The Labute approximate surface area is 131 Å². The first-order chi connectivity index (χ1) is 9.97. The first kappa shape index (κ1) is 16.8. The van der Waals surface area contributed by atoms with E-state index < -0.39 is 17.6 Å². The van der Waals surface area contributed by atoms with E-state index in [1.165, 1.54) is 6.07 Å². The van der Waals surface area contributed by atoms with E-state index in [9.17, 15) is 17.6 Å². The molecule has 1 heterocycles. The van der Waals surface area contributed by atoms with Crippen molar-refractivity contribution in [3.8, 4) is 11.1 Å². The topological polar surface area (TPSA) is 12.0 Å². The molecule has 6 heteroatoms. The fourth-order valence-electron chi connectivity index (χ4n) is 2.69. The summed E-state index contributed by atoms with van der Waals surface area (Å²) in [6.45, 7) is 1.48. The molecular weight excluding hydrogens is 318 g/mol. The van der Waals surface area contributed by atoms with Crippen LogP contribution in [-0.2, 0) is 19.1 Å². The van der Waals surface area contributed by atoms with Crippen LogP contribution < -0.4 is 5.32 Å². The minimum Gasteiger partial charge on any atom is -0.312 e. The fraction of sp³-hybridized carbons (Fsp3) is 0.250. The predicted octanol–water partition coefficient (Wildman–Crippen LogP) is 4.58. The van der Waals surface area contributed by atoms with E-state index in [1.807, 2.05) is 6.07 Å². The van der Waals surface area contributed by atoms with E-state index in [4.69, 9.17) is 0 Å². The van der Waals surface area contributed by atoms with Crippen LogP contribution in [0.15, 0.2) is 36.4 Å². The summed E-state index contributed by atoms with van der Waals surface area (Å²) in [7, 11) is 0. The third kappa shape index (κ3) is 3.10. The molecule has 1 nitrogen and oxygen atoms in total. The SMILES string of the molecule is Cl.Fc1cc(C(F)(F)F)ccc1-c1cccc2c1CCNC2. The maximum atomic E-state index is 14.1. The molecule has 0 aliphatic carbocycles. The highest BCUT2D eigenvalue weighted by Crippen LogP contribution is 2.35. The van der Waals surface area contributed by atoms with Gasteiger partial charge in [-0.2, -0.15) is 13.2 Å². The van der Waals surface area contributed by atoms with Crippen molar-refractivity contribution in [3.05, 3.63) is 58.9 Å². The molecule has 3 rings (SSSR count). The molecule has 2 aromatic carbocycles. The number of fused-ring (bicyclic) bond motifs is 1. The van der Waals surface area contributed by atoms with Gasteiger partial charge in [-0.15, -0.1) is 12.4 Å². The van der Waals surface area contributed by atoms with Crippen molar-refractivity contribution in [2.75, 3.05) is 6.54 Å². The van der Waals surface area contributed by atoms with Gasteiger partial charge in [-0.05, 0) is 41.8 Å². The molecule has 0 saturated heterocycles. The molecule has 0 fully saturated rings. The quantitative estimate of drug-likeness (QED) is 0.754. The van der Waals surface area contributed by atoms with Gasteiger partial charge in [-0.1, -0.05) is 24.3 Å². The van der Waals surface area contributed by atoms with Crippen molar-refractivity contribution in [1.29, 1.82) is 0 Å². The van der Waals surface area contributed by atoms with Gasteiger partial charge in [0.05, 0.1) is 5.56 Å². The largest absolute Gasteiger partial charge is 0.416 e. The zero-order valence-electron chi connectivity index (χ0n) is 11.5. The highest BCUT2D eigenvalue weighted by atomic mass is 35.5. The van der Waals surface area contributed by atoms with Gasteiger partial charge in [0.2, 0.25) is 0 Å². The molecule has 1 N–H and O–H groups in total. The zero-order chi connectivity index (χ0) is 15.0. The maximum Gasteiger partial charge on any atom is 0.416 e. The van der Waals surface area contributed by atoms with Crippen LogP contribution in [0.5, 0.6) is 0 Å². The van der Waals surface area contributed by atoms with E-state index in [0.29, 0.717) is 18.2 Å². The fourth-order valence-corrected chi connectivity index (χ4v) is 2.69. The van der Waals surface area contributed by atoms with E-state index >= 15 is 0 Å². The smallest absolute Gasteiger partial charge is 0.312 e. The minimum absolute atomic E-state index is 0. The summed E-state index contributed by atoms with van der Waals surface area (Å²) in [6, 6.07) is 8.23. The Hall–Kier alpha value is -1.59. The van der Waals surface area contributed by atoms with Gasteiger partial charge in [0.25, 0.3) is 0 Å². The van der Waals surface area contributed by atoms with Crippen molar-refractivity contribution in [3.63, 3.8) is 0 Å². The monoisotopic (exact) mass is 331 g/mol. The molecule has 22 heavy (non-hydrogen) atoms. The minimum atomic E-state index is -4.53. The maximum absolute atomic E-state index is 14.1. The lowest BCUT2D eigenvalue weighted by Gasteiger charge is -2.21. The van der Waals surface area contributed by atoms with Gasteiger partial charge in [0.1, 0.15) is 5.82 Å². The number of benzene rings is 2. The Morgan fingerprint density at radius 3 is 2.45 bits per heavy atom. The number of alkyl halides is 3. The summed E-state index contributed by atoms with van der Waals surface area (Å²) < 4.78 is 51.9. The summed E-state index contributed by atoms with van der Waals surface area (Å²) in [5.74, 6) is -0.836. The molecule has 0 bridgehead atoms. The number of halogens is 5. The number of hydrogen-bond donors (Lipinski definition) is 1. The Bertz CT molecular complexity index is 682. The van der Waals surface area contributed by atoms with Crippen LogP contribution in [-0.4, -0.2) is 6.54 Å². The molecular formula is C16H14ClF4N. The van der Waals surface area contributed by atoms with Gasteiger partial charge in [0.15, 0.2) is 0 Å². The highest BCUT2D eigenvalue weighted by Gasteiger charge is 2.31. The normalized spacial score (nSPS) is 14.2. The second-order valence-electron chi connectivity index (χ2n) is 5.06. The van der Waals surface area contributed by atoms with Gasteiger partial charge < -0.3 is 5.32 Å². The third-order valence-corrected chi connectivity index (χ3v) is 3.73. The molecule has 0 amide bonds. The molecule has 0 atom stereocenters. The molecule has 0 aromatic heterocycles. The van der Waals surface area contributed by atoms with E-state index in [1.54, 1.807) is 12.1 Å². The Morgan fingerprint density at radius 1 is 1.00 bits per heavy atom. The number of nitrogens with one attached hydrogen (secondary N) is 1. The number of hydrogen-bond acceptors (Lipinski definition) is 1. The van der Waals surface area contributed by atoms with Gasteiger partial charge in [-0.25, -0.2) is 4.39 Å². The van der Waals surface area contributed by atoms with Crippen molar-refractivity contribution in [1.82, 2.24) is 5.32 Å². The Balaban J connectivity index is 0.00000176. The summed E-state index contributed by atoms with van der Waals surface area (Å²) >= 11 is 0. The van der Waals surface area contributed by atoms with Crippen LogP contribution in [0, 0.1) is 5.82 Å². The Morgan fingerprint density at radius 2 is 1.77 bits per heavy atom. The van der Waals surface area contributed by atoms with E-state index in [2.05, 4.69) is 5.32 Å². The van der Waals surface area contributed by atoms with E-state index in [0.717, 1.165) is 30.2 Å². The molecule has 1 aliphatic rings. The lowest BCUT2D eigenvalue weighted by Crippen LogP contribution is -2.24. The standard InChI is InChI=1S/C16H13F4N.ClH/c17-15-8-11(16(18,19)20)4-5-14(15)13-3-1-2-10-9-21-7-6-12(10)13;/h1-5,8,21H,6-7,9H2;1H. The second kappa shape index (κ2) is 6.26. The average molecular weight is 332 g/mol. The molecule has 0 saturated carbocycles. The van der Waals surface area contributed by atoms with E-state index in [-0.39, 0.29) is 18.0 Å². The van der Waals surface area contributed by atoms with Crippen molar-refractivity contribution >= 4 is 12.4 Å². The first-order valence-corrected chi connectivity index (χ1v) is 6.65. The predicted molar refractivity (Wildman–Crippen MR) is 79.5 cm³/mol. The molecule has 118 valence electrons. The van der Waals surface area contributed by atoms with Gasteiger partial charge in [0, 0.05) is 12.1 Å². The summed E-state index contributed by atoms with van der Waals surface area (Å²) in [6.07, 6.45) is -3.79. The highest BCUT2D eigenvalue weighted by molar-refractivity contribution is 5.85. The molecule has 1 aliphatic heterocycles. The first-order valence-electron chi connectivity index (χ1n) is 6.65. The van der Waals surface area contributed by atoms with Crippen LogP contribution in [0.3, 0.4) is 0 Å². The van der Waals surface area contributed by atoms with Crippen LogP contribution in [0.1, 0.15) is 16.7 Å². The molecule has 2 aromatic rings. The Kier molecular flexibility index (Phi) is 4.78. The molecule has 0 unspecified atom stereocenters. The van der Waals surface area contributed by atoms with Crippen LogP contribution >= 0.6 is 12.4 Å². The molecule has 0 radical (unpaired) electrons. The molecule has 0 spiro atoms. The summed E-state index contributed by atoms with van der Waals surface area (Å²) in [5, 5.41) is 3.22. The lowest BCUT2D eigenvalue weighted by molar-refractivity contribution is -0.137. The van der Waals surface area contributed by atoms with Crippen molar-refractivity contribution in [2.45, 2.75) is 19.1 Å². The van der Waals surface area contributed by atoms with Crippen molar-refractivity contribution < 1.29 is 17.6 Å². The lowest BCUT2D eigenvalue weighted by atomic mass is 9.91. The summed E-state index contributed by atoms with van der Waals surface area (Å²) in [4.78, 5) is 0. The van der Waals surface area contributed by atoms with Crippen LogP contribution in [0.25, 0.3) is 11.1 Å². The van der Waals surface area contributed by atoms with Crippen molar-refractivity contribution in [2.24, 2.45) is 0 Å². The number of rotatable bonds is 1. The van der Waals surface area contributed by atoms with Gasteiger partial charge >= 0.3 is 6.18 Å². The van der Waals surface area contributed by atoms with Crippen LogP contribution in [0.4, 0.5) is 17.6 Å².